The average Bonchev–Trinajstić information content (AvgIpc) is 3.08. The minimum atomic E-state index is -0.451. The Morgan fingerprint density at radius 1 is 1.00 bits per heavy atom. The number of esters is 1. The fraction of sp³-hybridized carbons (Fsp3) is 0.125. The summed E-state index contributed by atoms with van der Waals surface area (Å²) in [6.07, 6.45) is 0. The number of nitrogens with zero attached hydrogens (tertiary/aromatic N) is 2. The van der Waals surface area contributed by atoms with E-state index in [1.807, 2.05) is 42.5 Å². The van der Waals surface area contributed by atoms with Gasteiger partial charge in [-0.15, -0.1) is 0 Å². The SMILES string of the molecule is COC(=O)c1cccc(CN2C(=O)/C(=N/O)c3ccc(-c4cccc(OC)c4)cc32)c1. The number of amides is 1. The number of hydrogen-bond donors (Lipinski definition) is 1. The molecule has 1 aliphatic rings. The Bertz CT molecular complexity index is 1200. The number of oxime groups is 1. The van der Waals surface area contributed by atoms with Crippen molar-refractivity contribution in [3.63, 3.8) is 0 Å². The van der Waals surface area contributed by atoms with E-state index < -0.39 is 11.9 Å². The molecule has 0 saturated carbocycles. The van der Waals surface area contributed by atoms with Crippen molar-refractivity contribution in [1.29, 1.82) is 0 Å². The Hall–Kier alpha value is -4.13. The Kier molecular flexibility index (Phi) is 5.41. The number of methoxy groups -OCH3 is 2. The van der Waals surface area contributed by atoms with Crippen molar-refractivity contribution < 1.29 is 24.3 Å². The van der Waals surface area contributed by atoms with Crippen molar-refractivity contribution in [2.75, 3.05) is 19.1 Å². The van der Waals surface area contributed by atoms with Crippen molar-refractivity contribution in [1.82, 2.24) is 0 Å². The average molecular weight is 416 g/mol. The molecule has 0 unspecified atom stereocenters. The molecule has 7 nitrogen and oxygen atoms in total. The molecule has 0 saturated heterocycles. The maximum atomic E-state index is 12.9. The molecule has 3 aromatic carbocycles. The van der Waals surface area contributed by atoms with E-state index in [1.165, 1.54) is 12.0 Å². The summed E-state index contributed by atoms with van der Waals surface area (Å²) in [5.41, 5.74) is 4.11. The largest absolute Gasteiger partial charge is 0.497 e. The molecule has 3 aromatic rings. The van der Waals surface area contributed by atoms with Gasteiger partial charge in [-0.1, -0.05) is 35.5 Å². The molecule has 1 heterocycles. The minimum absolute atomic E-state index is 0.0173. The highest BCUT2D eigenvalue weighted by Crippen LogP contribution is 2.35. The van der Waals surface area contributed by atoms with Crippen molar-refractivity contribution in [2.45, 2.75) is 6.54 Å². The van der Waals surface area contributed by atoms with Gasteiger partial charge >= 0.3 is 5.97 Å². The second-order valence-corrected chi connectivity index (χ2v) is 7.00. The zero-order chi connectivity index (χ0) is 22.0. The number of benzene rings is 3. The molecule has 156 valence electrons. The molecule has 0 fully saturated rings. The smallest absolute Gasteiger partial charge is 0.337 e. The van der Waals surface area contributed by atoms with Gasteiger partial charge in [-0.05, 0) is 53.1 Å². The third-order valence-corrected chi connectivity index (χ3v) is 5.18. The first-order valence-corrected chi connectivity index (χ1v) is 9.55. The molecule has 31 heavy (non-hydrogen) atoms. The molecule has 0 aromatic heterocycles. The maximum Gasteiger partial charge on any atom is 0.337 e. The molecule has 0 spiro atoms. The van der Waals surface area contributed by atoms with E-state index in [0.717, 1.165) is 22.4 Å². The first-order valence-electron chi connectivity index (χ1n) is 9.55. The zero-order valence-electron chi connectivity index (χ0n) is 17.0. The number of carbonyl (C=O) groups is 2. The summed E-state index contributed by atoms with van der Waals surface area (Å²) in [5.74, 6) is -0.139. The van der Waals surface area contributed by atoms with Gasteiger partial charge in [0.05, 0.1) is 32.0 Å². The van der Waals surface area contributed by atoms with Crippen LogP contribution in [0.3, 0.4) is 0 Å². The fourth-order valence-corrected chi connectivity index (χ4v) is 3.64. The Balaban J connectivity index is 1.74. The van der Waals surface area contributed by atoms with Gasteiger partial charge in [0.15, 0.2) is 5.71 Å². The molecule has 0 radical (unpaired) electrons. The predicted molar refractivity (Wildman–Crippen MR) is 116 cm³/mol. The van der Waals surface area contributed by atoms with Gasteiger partial charge in [0.2, 0.25) is 0 Å². The first kappa shape index (κ1) is 20.2. The fourth-order valence-electron chi connectivity index (χ4n) is 3.64. The van der Waals surface area contributed by atoms with Gasteiger partial charge in [-0.3, -0.25) is 4.79 Å². The van der Waals surface area contributed by atoms with Gasteiger partial charge in [-0.2, -0.15) is 0 Å². The third kappa shape index (κ3) is 3.73. The summed E-state index contributed by atoms with van der Waals surface area (Å²) in [7, 11) is 2.92. The van der Waals surface area contributed by atoms with Crippen molar-refractivity contribution in [2.24, 2.45) is 5.16 Å². The van der Waals surface area contributed by atoms with Crippen LogP contribution in [-0.2, 0) is 16.1 Å². The minimum Gasteiger partial charge on any atom is -0.497 e. The van der Waals surface area contributed by atoms with Crippen LogP contribution in [-0.4, -0.2) is 37.0 Å². The summed E-state index contributed by atoms with van der Waals surface area (Å²) in [6.45, 7) is 0.206. The Labute approximate surface area is 179 Å². The second kappa shape index (κ2) is 8.31. The summed E-state index contributed by atoms with van der Waals surface area (Å²) < 4.78 is 10.1. The number of hydrogen-bond acceptors (Lipinski definition) is 6. The lowest BCUT2D eigenvalue weighted by molar-refractivity contribution is -0.112. The van der Waals surface area contributed by atoms with Crippen LogP contribution < -0.4 is 9.64 Å². The monoisotopic (exact) mass is 416 g/mol. The number of ether oxygens (including phenoxy) is 2. The number of carbonyl (C=O) groups excluding carboxylic acids is 2. The Morgan fingerprint density at radius 3 is 2.52 bits per heavy atom. The second-order valence-electron chi connectivity index (χ2n) is 7.00. The van der Waals surface area contributed by atoms with Gasteiger partial charge in [-0.25, -0.2) is 4.79 Å². The maximum absolute atomic E-state index is 12.9. The Morgan fingerprint density at radius 2 is 1.77 bits per heavy atom. The normalized spacial score (nSPS) is 13.9. The highest BCUT2D eigenvalue weighted by molar-refractivity contribution is 6.54. The lowest BCUT2D eigenvalue weighted by Gasteiger charge is -2.18. The van der Waals surface area contributed by atoms with Crippen LogP contribution in [0.15, 0.2) is 71.9 Å². The van der Waals surface area contributed by atoms with Crippen molar-refractivity contribution in [3.05, 3.63) is 83.4 Å². The molecule has 7 heteroatoms. The highest BCUT2D eigenvalue weighted by Gasteiger charge is 2.35. The van der Waals surface area contributed by atoms with Gasteiger partial charge in [0.1, 0.15) is 5.75 Å². The molecule has 1 aliphatic heterocycles. The van der Waals surface area contributed by atoms with Crippen molar-refractivity contribution >= 4 is 23.3 Å². The lowest BCUT2D eigenvalue weighted by atomic mass is 10.0. The number of fused-ring (bicyclic) bond motifs is 1. The van der Waals surface area contributed by atoms with E-state index in [1.54, 1.807) is 31.4 Å². The molecular weight excluding hydrogens is 396 g/mol. The van der Waals surface area contributed by atoms with E-state index in [2.05, 4.69) is 5.16 Å². The number of rotatable bonds is 5. The van der Waals surface area contributed by atoms with Crippen LogP contribution in [0.5, 0.6) is 5.75 Å². The van der Waals surface area contributed by atoms with E-state index in [0.29, 0.717) is 16.8 Å². The van der Waals surface area contributed by atoms with Crippen molar-refractivity contribution in [3.8, 4) is 16.9 Å². The molecule has 1 N–H and O–H groups in total. The quantitative estimate of drug-likeness (QED) is 0.387. The van der Waals surface area contributed by atoms with Gasteiger partial charge in [0, 0.05) is 5.56 Å². The van der Waals surface area contributed by atoms with E-state index in [-0.39, 0.29) is 12.3 Å². The molecule has 0 bridgehead atoms. The van der Waals surface area contributed by atoms with Gasteiger partial charge in [0.25, 0.3) is 5.91 Å². The van der Waals surface area contributed by atoms with Crippen LogP contribution in [0.25, 0.3) is 11.1 Å². The first-order chi connectivity index (χ1) is 15.0. The van der Waals surface area contributed by atoms with Crippen LogP contribution >= 0.6 is 0 Å². The standard InChI is InChI=1S/C24H20N2O5/c1-30-19-8-4-6-16(12-19)17-9-10-20-21(13-17)26(23(27)22(20)25-29)14-15-5-3-7-18(11-15)24(28)31-2/h3-13,29H,14H2,1-2H3/b25-22+. The third-order valence-electron chi connectivity index (χ3n) is 5.18. The topological polar surface area (TPSA) is 88.4 Å². The van der Waals surface area contributed by atoms with Gasteiger partial charge < -0.3 is 19.6 Å². The van der Waals surface area contributed by atoms with Crippen LogP contribution in [0, 0.1) is 0 Å². The summed E-state index contributed by atoms with van der Waals surface area (Å²) in [5, 5.41) is 12.7. The molecule has 0 aliphatic carbocycles. The molecule has 0 atom stereocenters. The number of anilines is 1. The predicted octanol–water partition coefficient (Wildman–Crippen LogP) is 3.87. The van der Waals surface area contributed by atoms with Crippen LogP contribution in [0.2, 0.25) is 0 Å². The van der Waals surface area contributed by atoms with E-state index in [4.69, 9.17) is 9.47 Å². The summed E-state index contributed by atoms with van der Waals surface area (Å²) in [4.78, 5) is 26.3. The van der Waals surface area contributed by atoms with Crippen LogP contribution in [0.4, 0.5) is 5.69 Å². The molecule has 1 amide bonds. The zero-order valence-corrected chi connectivity index (χ0v) is 17.0. The molecule has 4 rings (SSSR count). The van der Waals surface area contributed by atoms with Crippen LogP contribution in [0.1, 0.15) is 21.5 Å². The summed E-state index contributed by atoms with van der Waals surface area (Å²) in [6, 6.07) is 20.0. The van der Waals surface area contributed by atoms with E-state index in [9.17, 15) is 14.8 Å². The lowest BCUT2D eigenvalue weighted by Crippen LogP contribution is -2.29. The summed E-state index contributed by atoms with van der Waals surface area (Å²) >= 11 is 0. The highest BCUT2D eigenvalue weighted by atomic mass is 16.5. The molecular formula is C24H20N2O5. The van der Waals surface area contributed by atoms with E-state index >= 15 is 0 Å².